The summed E-state index contributed by atoms with van der Waals surface area (Å²) in [5.74, 6) is 6.35. The number of hydrazine groups is 1. The standard InChI is InChI=1S/C14H16ClN3O/c1-10-5-3-8-14(17-10)19-9-11-12(15)6-4-7-13(11)18(2)16/h3-8H,9,16H2,1-2H3. The summed E-state index contributed by atoms with van der Waals surface area (Å²) in [5.41, 5.74) is 2.59. The van der Waals surface area contributed by atoms with Gasteiger partial charge in [0.2, 0.25) is 5.88 Å². The summed E-state index contributed by atoms with van der Waals surface area (Å²) >= 11 is 6.19. The van der Waals surface area contributed by atoms with Gasteiger partial charge in [-0.2, -0.15) is 0 Å². The van der Waals surface area contributed by atoms with Crippen LogP contribution in [0.1, 0.15) is 11.3 Å². The molecule has 2 N–H and O–H groups in total. The van der Waals surface area contributed by atoms with E-state index in [1.807, 2.05) is 43.3 Å². The van der Waals surface area contributed by atoms with E-state index in [1.54, 1.807) is 7.05 Å². The van der Waals surface area contributed by atoms with Crippen LogP contribution in [-0.4, -0.2) is 12.0 Å². The predicted molar refractivity (Wildman–Crippen MR) is 77.3 cm³/mol. The van der Waals surface area contributed by atoms with Crippen LogP contribution in [0.4, 0.5) is 5.69 Å². The van der Waals surface area contributed by atoms with E-state index in [0.29, 0.717) is 17.5 Å². The summed E-state index contributed by atoms with van der Waals surface area (Å²) in [7, 11) is 1.76. The number of hydrogen-bond acceptors (Lipinski definition) is 4. The monoisotopic (exact) mass is 277 g/mol. The maximum atomic E-state index is 6.19. The number of pyridine rings is 1. The second kappa shape index (κ2) is 5.91. The molecule has 4 nitrogen and oxygen atoms in total. The van der Waals surface area contributed by atoms with Crippen LogP contribution in [0, 0.1) is 6.92 Å². The zero-order chi connectivity index (χ0) is 13.8. The summed E-state index contributed by atoms with van der Waals surface area (Å²) < 4.78 is 5.67. The second-order valence-corrected chi connectivity index (χ2v) is 4.66. The molecule has 0 spiro atoms. The zero-order valence-corrected chi connectivity index (χ0v) is 11.7. The normalized spacial score (nSPS) is 10.3. The predicted octanol–water partition coefficient (Wildman–Crippen LogP) is 2.93. The highest BCUT2D eigenvalue weighted by Crippen LogP contribution is 2.26. The Kier molecular flexibility index (Phi) is 4.24. The van der Waals surface area contributed by atoms with Crippen molar-refractivity contribution >= 4 is 17.3 Å². The molecule has 0 aliphatic heterocycles. The largest absolute Gasteiger partial charge is 0.473 e. The van der Waals surface area contributed by atoms with Gasteiger partial charge in [0, 0.05) is 29.4 Å². The highest BCUT2D eigenvalue weighted by molar-refractivity contribution is 6.31. The number of benzene rings is 1. The number of aryl methyl sites for hydroxylation is 1. The van der Waals surface area contributed by atoms with E-state index < -0.39 is 0 Å². The lowest BCUT2D eigenvalue weighted by Crippen LogP contribution is -2.26. The van der Waals surface area contributed by atoms with Crippen LogP contribution >= 0.6 is 11.6 Å². The van der Waals surface area contributed by atoms with Gasteiger partial charge in [0.1, 0.15) is 6.61 Å². The third-order valence-corrected chi connectivity index (χ3v) is 3.06. The van der Waals surface area contributed by atoms with E-state index in [9.17, 15) is 0 Å². The molecular weight excluding hydrogens is 262 g/mol. The molecule has 0 bridgehead atoms. The summed E-state index contributed by atoms with van der Waals surface area (Å²) in [4.78, 5) is 4.28. The SMILES string of the molecule is Cc1cccc(OCc2c(Cl)cccc2N(C)N)n1. The lowest BCUT2D eigenvalue weighted by atomic mass is 10.2. The van der Waals surface area contributed by atoms with Crippen LogP contribution in [0.25, 0.3) is 0 Å². The molecule has 5 heteroatoms. The lowest BCUT2D eigenvalue weighted by molar-refractivity contribution is 0.293. The van der Waals surface area contributed by atoms with E-state index in [1.165, 1.54) is 5.01 Å². The number of hydrogen-bond donors (Lipinski definition) is 1. The van der Waals surface area contributed by atoms with Crippen LogP contribution < -0.4 is 15.6 Å². The van der Waals surface area contributed by atoms with Crippen LogP contribution in [0.3, 0.4) is 0 Å². The molecule has 0 radical (unpaired) electrons. The molecule has 2 aromatic rings. The van der Waals surface area contributed by atoms with Gasteiger partial charge in [-0.3, -0.25) is 0 Å². The minimum Gasteiger partial charge on any atom is -0.473 e. The molecular formula is C14H16ClN3O. The fourth-order valence-corrected chi connectivity index (χ4v) is 1.99. The van der Waals surface area contributed by atoms with Crippen molar-refractivity contribution in [3.63, 3.8) is 0 Å². The van der Waals surface area contributed by atoms with Crippen molar-refractivity contribution in [1.29, 1.82) is 0 Å². The highest BCUT2D eigenvalue weighted by Gasteiger charge is 2.10. The third-order valence-electron chi connectivity index (χ3n) is 2.70. The maximum Gasteiger partial charge on any atom is 0.213 e. The molecule has 1 heterocycles. The van der Waals surface area contributed by atoms with Crippen molar-refractivity contribution in [1.82, 2.24) is 4.98 Å². The van der Waals surface area contributed by atoms with E-state index in [0.717, 1.165) is 16.9 Å². The molecule has 0 saturated heterocycles. The first-order valence-corrected chi connectivity index (χ1v) is 6.28. The second-order valence-electron chi connectivity index (χ2n) is 4.25. The van der Waals surface area contributed by atoms with Gasteiger partial charge in [-0.15, -0.1) is 0 Å². The van der Waals surface area contributed by atoms with Gasteiger partial charge < -0.3 is 9.75 Å². The molecule has 2 rings (SSSR count). The van der Waals surface area contributed by atoms with Crippen molar-refractivity contribution in [3.8, 4) is 5.88 Å². The highest BCUT2D eigenvalue weighted by atomic mass is 35.5. The van der Waals surface area contributed by atoms with E-state index in [2.05, 4.69) is 4.98 Å². The topological polar surface area (TPSA) is 51.4 Å². The fraction of sp³-hybridized carbons (Fsp3) is 0.214. The zero-order valence-electron chi connectivity index (χ0n) is 10.9. The molecule has 0 saturated carbocycles. The Hall–Kier alpha value is -1.78. The Labute approximate surface area is 117 Å². The van der Waals surface area contributed by atoms with Crippen molar-refractivity contribution < 1.29 is 4.74 Å². The van der Waals surface area contributed by atoms with E-state index in [4.69, 9.17) is 22.2 Å². The van der Waals surface area contributed by atoms with Gasteiger partial charge in [-0.05, 0) is 25.1 Å². The van der Waals surface area contributed by atoms with Gasteiger partial charge in [0.15, 0.2) is 0 Å². The fourth-order valence-electron chi connectivity index (χ4n) is 1.77. The van der Waals surface area contributed by atoms with Gasteiger partial charge >= 0.3 is 0 Å². The Morgan fingerprint density at radius 3 is 2.68 bits per heavy atom. The summed E-state index contributed by atoms with van der Waals surface area (Å²) in [6, 6.07) is 11.2. The Balaban J connectivity index is 2.19. The van der Waals surface area contributed by atoms with Crippen molar-refractivity contribution in [3.05, 3.63) is 52.7 Å². The van der Waals surface area contributed by atoms with Gasteiger partial charge in [-0.1, -0.05) is 23.7 Å². The Bertz CT molecular complexity index is 572. The first-order valence-electron chi connectivity index (χ1n) is 5.90. The number of halogens is 1. The van der Waals surface area contributed by atoms with Gasteiger partial charge in [0.05, 0.1) is 5.69 Å². The van der Waals surface area contributed by atoms with E-state index in [-0.39, 0.29) is 0 Å². The summed E-state index contributed by atoms with van der Waals surface area (Å²) in [5, 5.41) is 2.15. The van der Waals surface area contributed by atoms with Gasteiger partial charge in [-0.25, -0.2) is 10.8 Å². The van der Waals surface area contributed by atoms with Crippen LogP contribution in [-0.2, 0) is 6.61 Å². The number of nitrogens with two attached hydrogens (primary N) is 1. The number of anilines is 1. The maximum absolute atomic E-state index is 6.19. The van der Waals surface area contributed by atoms with Crippen molar-refractivity contribution in [2.24, 2.45) is 5.84 Å². The Morgan fingerprint density at radius 2 is 2.00 bits per heavy atom. The molecule has 100 valence electrons. The number of rotatable bonds is 4. The summed E-state index contributed by atoms with van der Waals surface area (Å²) in [6.07, 6.45) is 0. The Morgan fingerprint density at radius 1 is 1.26 bits per heavy atom. The molecule has 0 aliphatic carbocycles. The molecule has 0 fully saturated rings. The van der Waals surface area contributed by atoms with E-state index >= 15 is 0 Å². The van der Waals surface area contributed by atoms with Crippen molar-refractivity contribution in [2.45, 2.75) is 13.5 Å². The number of aromatic nitrogens is 1. The molecule has 19 heavy (non-hydrogen) atoms. The van der Waals surface area contributed by atoms with Gasteiger partial charge in [0.25, 0.3) is 0 Å². The van der Waals surface area contributed by atoms with Crippen LogP contribution in [0.15, 0.2) is 36.4 Å². The quantitative estimate of drug-likeness (QED) is 0.690. The molecule has 0 unspecified atom stereocenters. The molecule has 0 aliphatic rings. The number of ether oxygens (including phenoxy) is 1. The average Bonchev–Trinajstić information content (AvgIpc) is 2.37. The average molecular weight is 278 g/mol. The summed E-state index contributed by atoms with van der Waals surface area (Å²) in [6.45, 7) is 2.24. The molecule has 0 atom stereocenters. The minimum atomic E-state index is 0.326. The number of nitrogens with zero attached hydrogens (tertiary/aromatic N) is 2. The van der Waals surface area contributed by atoms with Crippen LogP contribution in [0.2, 0.25) is 5.02 Å². The van der Waals surface area contributed by atoms with Crippen LogP contribution in [0.5, 0.6) is 5.88 Å². The smallest absolute Gasteiger partial charge is 0.213 e. The lowest BCUT2D eigenvalue weighted by Gasteiger charge is -2.18. The molecule has 0 amide bonds. The van der Waals surface area contributed by atoms with Crippen molar-refractivity contribution in [2.75, 3.05) is 12.1 Å². The molecule has 1 aromatic heterocycles. The minimum absolute atomic E-state index is 0.326. The molecule has 1 aromatic carbocycles. The first kappa shape index (κ1) is 13.6. The third kappa shape index (κ3) is 3.36. The first-order chi connectivity index (χ1) is 9.08.